The number of nitriles is 1. The molecule has 0 aliphatic carbocycles. The van der Waals surface area contributed by atoms with Crippen LogP contribution >= 0.6 is 0 Å². The van der Waals surface area contributed by atoms with E-state index >= 15 is 0 Å². The van der Waals surface area contributed by atoms with Crippen molar-refractivity contribution in [1.29, 1.82) is 5.26 Å². The maximum Gasteiger partial charge on any atom is 0.248 e. The van der Waals surface area contributed by atoms with E-state index in [4.69, 9.17) is 0 Å². The van der Waals surface area contributed by atoms with Crippen LogP contribution in [0.4, 0.5) is 5.69 Å². The molecule has 2 N–H and O–H groups in total. The second-order valence-corrected chi connectivity index (χ2v) is 5.91. The zero-order valence-electron chi connectivity index (χ0n) is 13.9. The summed E-state index contributed by atoms with van der Waals surface area (Å²) in [6.45, 7) is 4.04. The van der Waals surface area contributed by atoms with E-state index in [1.807, 2.05) is 26.0 Å². The van der Waals surface area contributed by atoms with E-state index in [9.17, 15) is 10.1 Å². The van der Waals surface area contributed by atoms with Gasteiger partial charge >= 0.3 is 0 Å². The van der Waals surface area contributed by atoms with E-state index in [1.165, 1.54) is 6.07 Å². The fraction of sp³-hybridized carbons (Fsp3) is 0.158. The zero-order valence-corrected chi connectivity index (χ0v) is 13.9. The molecular weight excluding hydrogens is 314 g/mol. The van der Waals surface area contributed by atoms with Gasteiger partial charge in [0.25, 0.3) is 0 Å². The van der Waals surface area contributed by atoms with Crippen LogP contribution in [0, 0.1) is 11.3 Å². The molecule has 0 amide bonds. The van der Waals surface area contributed by atoms with Gasteiger partial charge in [0.1, 0.15) is 6.07 Å². The number of nitrogens with one attached hydrogen (secondary N) is 2. The van der Waals surface area contributed by atoms with Crippen LogP contribution in [-0.4, -0.2) is 21.0 Å². The van der Waals surface area contributed by atoms with Gasteiger partial charge in [0.15, 0.2) is 5.82 Å². The highest BCUT2D eigenvalue weighted by molar-refractivity contribution is 5.68. The van der Waals surface area contributed by atoms with Crippen molar-refractivity contribution in [3.63, 3.8) is 0 Å². The minimum Gasteiger partial charge on any atom is -0.382 e. The van der Waals surface area contributed by atoms with E-state index in [-0.39, 0.29) is 11.6 Å². The number of hydrogen-bond acceptors (Lipinski definition) is 5. The molecule has 1 aromatic carbocycles. The molecule has 25 heavy (non-hydrogen) atoms. The summed E-state index contributed by atoms with van der Waals surface area (Å²) in [6, 6.07) is 11.2. The van der Waals surface area contributed by atoms with Crippen LogP contribution in [-0.2, 0) is 0 Å². The maximum atomic E-state index is 11.4. The molecule has 2 heterocycles. The molecule has 0 spiro atoms. The number of H-pyrrole nitrogens is 1. The lowest BCUT2D eigenvalue weighted by Crippen LogP contribution is -2.10. The third-order valence-electron chi connectivity index (χ3n) is 3.60. The van der Waals surface area contributed by atoms with Gasteiger partial charge in [-0.3, -0.25) is 4.79 Å². The Balaban J connectivity index is 1.92. The van der Waals surface area contributed by atoms with Crippen molar-refractivity contribution < 1.29 is 0 Å². The highest BCUT2D eigenvalue weighted by atomic mass is 16.1. The number of aromatic nitrogens is 3. The monoisotopic (exact) mass is 331 g/mol. The fourth-order valence-electron chi connectivity index (χ4n) is 2.46. The van der Waals surface area contributed by atoms with Crippen LogP contribution in [0.1, 0.15) is 19.4 Å². The Kier molecular flexibility index (Phi) is 4.57. The first kappa shape index (κ1) is 16.4. The topological polar surface area (TPSA) is 94.5 Å². The first-order valence-electron chi connectivity index (χ1n) is 7.89. The van der Waals surface area contributed by atoms with Crippen molar-refractivity contribution in [2.24, 2.45) is 0 Å². The van der Waals surface area contributed by atoms with E-state index in [0.29, 0.717) is 11.4 Å². The number of benzene rings is 1. The molecule has 6 heteroatoms. The summed E-state index contributed by atoms with van der Waals surface area (Å²) >= 11 is 0. The van der Waals surface area contributed by atoms with Crippen molar-refractivity contribution in [1.82, 2.24) is 15.0 Å². The van der Waals surface area contributed by atoms with Crippen molar-refractivity contribution in [3.05, 3.63) is 64.8 Å². The van der Waals surface area contributed by atoms with Crippen LogP contribution in [0.2, 0.25) is 0 Å². The van der Waals surface area contributed by atoms with Gasteiger partial charge in [-0.25, -0.2) is 9.97 Å². The highest BCUT2D eigenvalue weighted by Gasteiger charge is 2.08. The number of nitrogens with zero attached hydrogens (tertiary/aromatic N) is 3. The molecule has 3 aromatic rings. The standard InChI is InChI=1S/C19H17N5O/c1-12(2)24-17-4-3-14(7-15(17)9-20)19-22-10-16(11-23-19)13-5-6-21-18(25)8-13/h3-8,10-12,24H,1-2H3,(H,21,25). The summed E-state index contributed by atoms with van der Waals surface area (Å²) in [5, 5.41) is 12.6. The molecule has 6 nitrogen and oxygen atoms in total. The summed E-state index contributed by atoms with van der Waals surface area (Å²) in [5.74, 6) is 0.529. The molecule has 0 aliphatic heterocycles. The SMILES string of the molecule is CC(C)Nc1ccc(-c2ncc(-c3cc[nH]c(=O)c3)cn2)cc1C#N. The predicted molar refractivity (Wildman–Crippen MR) is 97.0 cm³/mol. The van der Waals surface area contributed by atoms with Gasteiger partial charge in [-0.15, -0.1) is 0 Å². The Morgan fingerprint density at radius 2 is 1.84 bits per heavy atom. The normalized spacial score (nSPS) is 10.5. The van der Waals surface area contributed by atoms with Gasteiger partial charge in [-0.2, -0.15) is 5.26 Å². The Morgan fingerprint density at radius 1 is 1.08 bits per heavy atom. The minimum absolute atomic E-state index is 0.173. The summed E-state index contributed by atoms with van der Waals surface area (Å²) < 4.78 is 0. The van der Waals surface area contributed by atoms with E-state index in [2.05, 4.69) is 26.3 Å². The lowest BCUT2D eigenvalue weighted by Gasteiger charge is -2.12. The second-order valence-electron chi connectivity index (χ2n) is 5.91. The Labute approximate surface area is 145 Å². The van der Waals surface area contributed by atoms with Crippen molar-refractivity contribution in [2.45, 2.75) is 19.9 Å². The van der Waals surface area contributed by atoms with Crippen LogP contribution in [0.3, 0.4) is 0 Å². The number of anilines is 1. The molecule has 0 saturated carbocycles. The van der Waals surface area contributed by atoms with Crippen LogP contribution < -0.4 is 10.9 Å². The molecule has 2 aromatic heterocycles. The van der Waals surface area contributed by atoms with Crippen molar-refractivity contribution in [3.8, 4) is 28.6 Å². The largest absolute Gasteiger partial charge is 0.382 e. The van der Waals surface area contributed by atoms with Crippen molar-refractivity contribution in [2.75, 3.05) is 5.32 Å². The summed E-state index contributed by atoms with van der Waals surface area (Å²) in [7, 11) is 0. The first-order valence-corrected chi connectivity index (χ1v) is 7.89. The third kappa shape index (κ3) is 3.72. The second kappa shape index (κ2) is 6.97. The van der Waals surface area contributed by atoms with E-state index in [1.54, 1.807) is 30.7 Å². The molecule has 0 saturated heterocycles. The van der Waals surface area contributed by atoms with Gasteiger partial charge in [0.05, 0.1) is 11.3 Å². The molecule has 0 radical (unpaired) electrons. The predicted octanol–water partition coefficient (Wildman–Crippen LogP) is 3.19. The van der Waals surface area contributed by atoms with Gasteiger partial charge in [-0.1, -0.05) is 0 Å². The average molecular weight is 331 g/mol. The van der Waals surface area contributed by atoms with Crippen LogP contribution in [0.15, 0.2) is 53.7 Å². The molecule has 0 aliphatic rings. The average Bonchev–Trinajstić information content (AvgIpc) is 2.62. The Morgan fingerprint density at radius 3 is 2.48 bits per heavy atom. The van der Waals surface area contributed by atoms with Crippen LogP contribution in [0.25, 0.3) is 22.5 Å². The molecule has 0 fully saturated rings. The van der Waals surface area contributed by atoms with Gasteiger partial charge in [-0.05, 0) is 43.7 Å². The zero-order chi connectivity index (χ0) is 17.8. The number of pyridine rings is 1. The molecule has 0 bridgehead atoms. The van der Waals surface area contributed by atoms with E-state index < -0.39 is 0 Å². The number of aromatic amines is 1. The molecular formula is C19H17N5O. The number of hydrogen-bond donors (Lipinski definition) is 2. The van der Waals surface area contributed by atoms with Gasteiger partial charge < -0.3 is 10.3 Å². The van der Waals surface area contributed by atoms with Crippen molar-refractivity contribution >= 4 is 5.69 Å². The third-order valence-corrected chi connectivity index (χ3v) is 3.60. The fourth-order valence-corrected chi connectivity index (χ4v) is 2.46. The summed E-state index contributed by atoms with van der Waals surface area (Å²) in [4.78, 5) is 22.7. The Bertz CT molecular complexity index is 984. The smallest absolute Gasteiger partial charge is 0.248 e. The minimum atomic E-state index is -0.173. The van der Waals surface area contributed by atoms with Gasteiger partial charge in [0.2, 0.25) is 5.56 Å². The lowest BCUT2D eigenvalue weighted by atomic mass is 10.1. The summed E-state index contributed by atoms with van der Waals surface area (Å²) in [5.41, 5.74) is 3.45. The van der Waals surface area contributed by atoms with E-state index in [0.717, 1.165) is 22.4 Å². The lowest BCUT2D eigenvalue weighted by molar-refractivity contribution is 0.899. The Hall–Kier alpha value is -3.46. The molecule has 0 unspecified atom stereocenters. The maximum absolute atomic E-state index is 11.4. The number of rotatable bonds is 4. The van der Waals surface area contributed by atoms with Crippen LogP contribution in [0.5, 0.6) is 0 Å². The quantitative estimate of drug-likeness (QED) is 0.765. The molecule has 124 valence electrons. The highest BCUT2D eigenvalue weighted by Crippen LogP contribution is 2.24. The first-order chi connectivity index (χ1) is 12.1. The van der Waals surface area contributed by atoms with Gasteiger partial charge in [0, 0.05) is 41.8 Å². The molecule has 3 rings (SSSR count). The molecule has 0 atom stereocenters. The summed E-state index contributed by atoms with van der Waals surface area (Å²) in [6.07, 6.45) is 4.93.